The molecule has 156 valence electrons. The minimum absolute atomic E-state index is 0.121. The lowest BCUT2D eigenvalue weighted by atomic mass is 9.88. The zero-order valence-corrected chi connectivity index (χ0v) is 17.8. The highest BCUT2D eigenvalue weighted by Crippen LogP contribution is 2.30. The van der Waals surface area contributed by atoms with Crippen LogP contribution >= 0.6 is 0 Å². The number of carbonyl (C=O) groups is 2. The maximum absolute atomic E-state index is 12.6. The minimum atomic E-state index is -0.606. The van der Waals surface area contributed by atoms with Crippen LogP contribution in [0, 0.1) is 11.3 Å². The van der Waals surface area contributed by atoms with E-state index in [1.807, 2.05) is 75.4 Å². The first-order valence-electron chi connectivity index (χ1n) is 10.3. The van der Waals surface area contributed by atoms with Gasteiger partial charge in [-0.3, -0.25) is 4.79 Å². The lowest BCUT2D eigenvalue weighted by Gasteiger charge is -2.37. The number of benzene rings is 2. The van der Waals surface area contributed by atoms with Crippen LogP contribution in [0.4, 0.5) is 4.79 Å². The van der Waals surface area contributed by atoms with Gasteiger partial charge in [0.2, 0.25) is 0 Å². The van der Waals surface area contributed by atoms with Crippen molar-refractivity contribution in [3.05, 3.63) is 60.2 Å². The monoisotopic (exact) mass is 404 g/mol. The number of ether oxygens (including phenoxy) is 1. The van der Waals surface area contributed by atoms with Gasteiger partial charge in [0, 0.05) is 25.4 Å². The molecule has 2 unspecified atom stereocenters. The van der Waals surface area contributed by atoms with Gasteiger partial charge >= 0.3 is 6.09 Å². The molecule has 5 heteroatoms. The third-order valence-corrected chi connectivity index (χ3v) is 5.25. The molecule has 5 nitrogen and oxygen atoms in total. The van der Waals surface area contributed by atoms with Crippen LogP contribution in [0.1, 0.15) is 51.5 Å². The quantitative estimate of drug-likeness (QED) is 0.691. The Morgan fingerprint density at radius 2 is 1.77 bits per heavy atom. The summed E-state index contributed by atoms with van der Waals surface area (Å²) in [7, 11) is 0. The Balaban J connectivity index is 1.76. The predicted molar refractivity (Wildman–Crippen MR) is 116 cm³/mol. The third-order valence-electron chi connectivity index (χ3n) is 5.25. The largest absolute Gasteiger partial charge is 0.444 e. The molecule has 1 fully saturated rings. The van der Waals surface area contributed by atoms with E-state index in [9.17, 15) is 14.9 Å². The molecule has 0 aliphatic carbocycles. The van der Waals surface area contributed by atoms with Gasteiger partial charge in [-0.05, 0) is 43.9 Å². The van der Waals surface area contributed by atoms with E-state index in [1.165, 1.54) is 0 Å². The highest BCUT2D eigenvalue weighted by atomic mass is 16.6. The smallest absolute Gasteiger partial charge is 0.410 e. The van der Waals surface area contributed by atoms with Crippen LogP contribution in [0.25, 0.3) is 11.1 Å². The average Bonchev–Trinajstić information content (AvgIpc) is 2.71. The van der Waals surface area contributed by atoms with E-state index in [0.29, 0.717) is 19.4 Å². The zero-order chi connectivity index (χ0) is 21.7. The molecule has 1 amide bonds. The van der Waals surface area contributed by atoms with Gasteiger partial charge in [-0.1, -0.05) is 54.6 Å². The van der Waals surface area contributed by atoms with Crippen molar-refractivity contribution >= 4 is 11.9 Å². The standard InChI is InChI=1S/C25H28N2O3/c1-25(2,3)30-24(29)27-14-13-23(28)16-22(27)15-21(17-26)20-11-9-19(10-12-20)18-7-5-4-6-8-18/h4-12,21-22H,13-16H2,1-3H3. The van der Waals surface area contributed by atoms with Crippen LogP contribution in [0.15, 0.2) is 54.6 Å². The molecule has 0 radical (unpaired) electrons. The molecule has 1 heterocycles. The second-order valence-corrected chi connectivity index (χ2v) is 8.73. The molecule has 0 N–H and O–H groups in total. The van der Waals surface area contributed by atoms with Gasteiger partial charge in [-0.25, -0.2) is 4.79 Å². The average molecular weight is 405 g/mol. The number of amides is 1. The van der Waals surface area contributed by atoms with Gasteiger partial charge in [0.05, 0.1) is 12.0 Å². The maximum Gasteiger partial charge on any atom is 0.410 e. The summed E-state index contributed by atoms with van der Waals surface area (Å²) in [6.07, 6.45) is 0.584. The lowest BCUT2D eigenvalue weighted by Crippen LogP contribution is -2.48. The van der Waals surface area contributed by atoms with E-state index >= 15 is 0 Å². The number of piperidine rings is 1. The first-order valence-corrected chi connectivity index (χ1v) is 10.3. The van der Waals surface area contributed by atoms with E-state index in [1.54, 1.807) is 4.90 Å². The predicted octanol–water partition coefficient (Wildman–Crippen LogP) is 5.32. The molecule has 30 heavy (non-hydrogen) atoms. The fraction of sp³-hybridized carbons (Fsp3) is 0.400. The van der Waals surface area contributed by atoms with Crippen molar-refractivity contribution in [2.75, 3.05) is 6.54 Å². The lowest BCUT2D eigenvalue weighted by molar-refractivity contribution is -0.123. The highest BCUT2D eigenvalue weighted by molar-refractivity contribution is 5.82. The third kappa shape index (κ3) is 5.48. The van der Waals surface area contributed by atoms with Gasteiger partial charge < -0.3 is 9.64 Å². The van der Waals surface area contributed by atoms with Crippen molar-refractivity contribution in [2.45, 2.75) is 57.6 Å². The molecule has 2 aromatic carbocycles. The summed E-state index contributed by atoms with van der Waals surface area (Å²) in [4.78, 5) is 26.3. The summed E-state index contributed by atoms with van der Waals surface area (Å²) in [6.45, 7) is 5.80. The number of ketones is 1. The van der Waals surface area contributed by atoms with Crippen molar-refractivity contribution in [1.29, 1.82) is 5.26 Å². The number of hydrogen-bond donors (Lipinski definition) is 0. The van der Waals surface area contributed by atoms with Gasteiger partial charge in [0.1, 0.15) is 11.4 Å². The van der Waals surface area contributed by atoms with Crippen LogP contribution in [-0.2, 0) is 9.53 Å². The van der Waals surface area contributed by atoms with Crippen molar-refractivity contribution in [3.8, 4) is 17.2 Å². The van der Waals surface area contributed by atoms with E-state index < -0.39 is 17.6 Å². The molecule has 0 spiro atoms. The minimum Gasteiger partial charge on any atom is -0.444 e. The van der Waals surface area contributed by atoms with Crippen molar-refractivity contribution in [3.63, 3.8) is 0 Å². The van der Waals surface area contributed by atoms with Gasteiger partial charge in [0.25, 0.3) is 0 Å². The first-order chi connectivity index (χ1) is 14.3. The molecule has 1 saturated heterocycles. The zero-order valence-electron chi connectivity index (χ0n) is 17.8. The van der Waals surface area contributed by atoms with Crippen LogP contribution in [0.3, 0.4) is 0 Å². The Labute approximate surface area is 178 Å². The summed E-state index contributed by atoms with van der Waals surface area (Å²) < 4.78 is 5.52. The summed E-state index contributed by atoms with van der Waals surface area (Å²) in [5, 5.41) is 9.80. The van der Waals surface area contributed by atoms with Gasteiger partial charge in [-0.2, -0.15) is 5.26 Å². The van der Waals surface area contributed by atoms with Crippen LogP contribution in [0.5, 0.6) is 0 Å². The van der Waals surface area contributed by atoms with Gasteiger partial charge in [-0.15, -0.1) is 0 Å². The van der Waals surface area contributed by atoms with Crippen LogP contribution in [-0.4, -0.2) is 35.0 Å². The maximum atomic E-state index is 12.6. The normalized spacial score (nSPS) is 17.9. The molecule has 0 bridgehead atoms. The van der Waals surface area contributed by atoms with Crippen molar-refractivity contribution < 1.29 is 14.3 Å². The SMILES string of the molecule is CC(C)(C)OC(=O)N1CCC(=O)CC1CC(C#N)c1ccc(-c2ccccc2)cc1. The molecule has 2 atom stereocenters. The van der Waals surface area contributed by atoms with Crippen molar-refractivity contribution in [1.82, 2.24) is 4.90 Å². The topological polar surface area (TPSA) is 70.4 Å². The number of hydrogen-bond acceptors (Lipinski definition) is 4. The van der Waals surface area contributed by atoms with Gasteiger partial charge in [0.15, 0.2) is 0 Å². The summed E-state index contributed by atoms with van der Waals surface area (Å²) >= 11 is 0. The Kier molecular flexibility index (Phi) is 6.56. The molecule has 0 saturated carbocycles. The second-order valence-electron chi connectivity index (χ2n) is 8.73. The number of Topliss-reactive ketones (excluding diaryl/α,β-unsaturated/α-hetero) is 1. The highest BCUT2D eigenvalue weighted by Gasteiger charge is 2.35. The number of nitrogens with zero attached hydrogens (tertiary/aromatic N) is 2. The molecule has 2 aromatic rings. The number of likely N-dealkylation sites (tertiary alicyclic amines) is 1. The first kappa shape index (κ1) is 21.6. The Morgan fingerprint density at radius 3 is 2.37 bits per heavy atom. The van der Waals surface area contributed by atoms with Crippen molar-refractivity contribution in [2.24, 2.45) is 0 Å². The molecule has 3 rings (SSSR count). The van der Waals surface area contributed by atoms with Crippen LogP contribution < -0.4 is 0 Å². The number of rotatable bonds is 4. The fourth-order valence-electron chi connectivity index (χ4n) is 3.75. The van der Waals surface area contributed by atoms with E-state index in [0.717, 1.165) is 16.7 Å². The number of carbonyl (C=O) groups excluding carboxylic acids is 2. The summed E-state index contributed by atoms with van der Waals surface area (Å²) in [6, 6.07) is 20.0. The number of nitriles is 1. The Morgan fingerprint density at radius 1 is 1.13 bits per heavy atom. The Bertz CT molecular complexity index is 924. The summed E-state index contributed by atoms with van der Waals surface area (Å²) in [5.41, 5.74) is 2.48. The van der Waals surface area contributed by atoms with E-state index in [-0.39, 0.29) is 18.2 Å². The van der Waals surface area contributed by atoms with E-state index in [2.05, 4.69) is 6.07 Å². The molecule has 0 aromatic heterocycles. The van der Waals surface area contributed by atoms with Crippen LogP contribution in [0.2, 0.25) is 0 Å². The second kappa shape index (κ2) is 9.13. The molecular formula is C25H28N2O3. The Hall–Kier alpha value is -3.13. The summed E-state index contributed by atoms with van der Waals surface area (Å²) in [5.74, 6) is -0.286. The molecule has 1 aliphatic rings. The fourth-order valence-corrected chi connectivity index (χ4v) is 3.75. The molecule has 1 aliphatic heterocycles. The van der Waals surface area contributed by atoms with E-state index in [4.69, 9.17) is 4.74 Å². The molecular weight excluding hydrogens is 376 g/mol.